The van der Waals surface area contributed by atoms with E-state index in [0.29, 0.717) is 0 Å². The molecule has 2 aliphatic carbocycles. The van der Waals surface area contributed by atoms with Gasteiger partial charge in [0.25, 0.3) is 0 Å². The van der Waals surface area contributed by atoms with E-state index in [1.54, 1.807) is 0 Å². The minimum Gasteiger partial charge on any atom is -0.354 e. The van der Waals surface area contributed by atoms with E-state index >= 15 is 0 Å². The largest absolute Gasteiger partial charge is 0.354 e. The lowest BCUT2D eigenvalue weighted by Gasteiger charge is -2.31. The molecule has 5 heterocycles. The fourth-order valence-corrected chi connectivity index (χ4v) is 13.6. The van der Waals surface area contributed by atoms with Gasteiger partial charge in [-0.1, -0.05) is 103 Å². The van der Waals surface area contributed by atoms with Gasteiger partial charge in [0, 0.05) is 66.2 Å². The second-order valence-electron chi connectivity index (χ2n) is 20.6. The number of rotatable bonds is 5. The molecule has 2 aliphatic rings. The Hall–Kier alpha value is -9.45. The highest BCUT2D eigenvalue weighted by Crippen LogP contribution is 2.51. The Morgan fingerprint density at radius 3 is 1.41 bits per heavy atom. The van der Waals surface area contributed by atoms with E-state index in [-0.39, 0.29) is 0 Å². The summed E-state index contributed by atoms with van der Waals surface area (Å²) in [5.74, 6) is 0.955. The molecule has 0 fully saturated rings. The molecule has 5 heteroatoms. The maximum absolute atomic E-state index is 5.03. The van der Waals surface area contributed by atoms with Gasteiger partial charge in [0.2, 0.25) is 0 Å². The number of nitrogens with zero attached hydrogens (tertiary/aromatic N) is 4. The SMILES string of the molecule is c1ccc(-n2c3ccccc3c3cc(-c4ccc5[nH]c6c7c8c(cc6c5c4)CCc4cc5c6cc(-c9ccc%10c(c9)c9ccccc9n%10-c9ccccc9)ccc6n(-c6ccccn6)c5c(c4-8)CC7)ccc32)cc1. The normalized spacial score (nSPS) is 13.2. The molecule has 0 atom stereocenters. The maximum atomic E-state index is 5.03. The number of nitrogens with one attached hydrogen (secondary N) is 1. The highest BCUT2D eigenvalue weighted by Gasteiger charge is 2.32. The molecule has 346 valence electrons. The zero-order valence-corrected chi connectivity index (χ0v) is 40.4. The molecule has 74 heavy (non-hydrogen) atoms. The Morgan fingerprint density at radius 1 is 0.338 bits per heavy atom. The van der Waals surface area contributed by atoms with Crippen molar-refractivity contribution in [3.05, 3.63) is 241 Å². The number of aromatic amines is 1. The molecule has 0 saturated carbocycles. The van der Waals surface area contributed by atoms with Crippen molar-refractivity contribution in [1.29, 1.82) is 0 Å². The molecule has 1 N–H and O–H groups in total. The number of benzene rings is 10. The molecule has 15 aromatic rings. The number of H-pyrrole nitrogens is 1. The summed E-state index contributed by atoms with van der Waals surface area (Å²) < 4.78 is 7.24. The summed E-state index contributed by atoms with van der Waals surface area (Å²) in [7, 11) is 0. The zero-order valence-electron chi connectivity index (χ0n) is 40.4. The van der Waals surface area contributed by atoms with Crippen LogP contribution in [0.4, 0.5) is 0 Å². The standard InChI is InChI=1S/C69H45N5/c1-3-13-47(14-4-1)72-60-19-9-7-17-49(60)54-36-42(25-31-62(54)72)41-24-30-59-53(35-41)57-39-45-22-23-46-40-58-56-38-44(43-26-32-63-55(37-43)50-18-8-10-20-61(50)73(63)48-15-5-2-6-16-48)27-33-64(56)74(65-21-11-12-34-70-65)69(58)52-29-28-51(68(57)71-59)66(45)67(46)52/h1-21,24-27,30-40,71H,22-23,28-29H2. The predicted molar refractivity (Wildman–Crippen MR) is 308 cm³/mol. The lowest BCUT2D eigenvalue weighted by Crippen LogP contribution is -2.15. The summed E-state index contributed by atoms with van der Waals surface area (Å²) in [6.45, 7) is 0. The lowest BCUT2D eigenvalue weighted by molar-refractivity contribution is 0.884. The van der Waals surface area contributed by atoms with Gasteiger partial charge >= 0.3 is 0 Å². The van der Waals surface area contributed by atoms with Gasteiger partial charge < -0.3 is 14.1 Å². The predicted octanol–water partition coefficient (Wildman–Crippen LogP) is 17.2. The summed E-state index contributed by atoms with van der Waals surface area (Å²) in [5, 5.41) is 10.3. The van der Waals surface area contributed by atoms with Crippen molar-refractivity contribution in [1.82, 2.24) is 23.7 Å². The molecule has 0 amide bonds. The third kappa shape index (κ3) is 5.55. The Kier molecular flexibility index (Phi) is 8.17. The number of hydrogen-bond donors (Lipinski definition) is 1. The summed E-state index contributed by atoms with van der Waals surface area (Å²) in [5.41, 5.74) is 25.8. The fraction of sp³-hybridized carbons (Fsp3) is 0.0580. The van der Waals surface area contributed by atoms with E-state index in [0.717, 1.165) is 31.5 Å². The molecule has 0 aliphatic heterocycles. The van der Waals surface area contributed by atoms with Crippen molar-refractivity contribution >= 4 is 87.2 Å². The Bertz CT molecular complexity index is 4870. The minimum absolute atomic E-state index is 0.955. The Labute approximate surface area is 425 Å². The van der Waals surface area contributed by atoms with Gasteiger partial charge in [-0.3, -0.25) is 4.57 Å². The number of para-hydroxylation sites is 4. The molecule has 0 unspecified atom stereocenters. The number of fused-ring (bicyclic) bond motifs is 14. The molecule has 0 radical (unpaired) electrons. The fourth-order valence-electron chi connectivity index (χ4n) is 13.6. The van der Waals surface area contributed by atoms with Gasteiger partial charge in [0.15, 0.2) is 0 Å². The first-order valence-electron chi connectivity index (χ1n) is 26.0. The first-order valence-corrected chi connectivity index (χ1v) is 26.0. The Balaban J connectivity index is 0.818. The highest BCUT2D eigenvalue weighted by molar-refractivity contribution is 6.17. The number of aromatic nitrogens is 5. The van der Waals surface area contributed by atoms with Gasteiger partial charge in [0.1, 0.15) is 5.82 Å². The van der Waals surface area contributed by atoms with Crippen molar-refractivity contribution in [3.8, 4) is 50.6 Å². The number of hydrogen-bond acceptors (Lipinski definition) is 1. The van der Waals surface area contributed by atoms with Crippen LogP contribution in [0.25, 0.3) is 138 Å². The van der Waals surface area contributed by atoms with Crippen LogP contribution in [0.3, 0.4) is 0 Å². The monoisotopic (exact) mass is 943 g/mol. The van der Waals surface area contributed by atoms with E-state index in [1.807, 2.05) is 12.3 Å². The summed E-state index contributed by atoms with van der Waals surface area (Å²) in [6.07, 6.45) is 5.89. The first-order chi connectivity index (χ1) is 36.7. The van der Waals surface area contributed by atoms with Crippen LogP contribution in [-0.4, -0.2) is 23.7 Å². The van der Waals surface area contributed by atoms with Crippen molar-refractivity contribution < 1.29 is 0 Å². The first kappa shape index (κ1) is 40.2. The van der Waals surface area contributed by atoms with Crippen LogP contribution in [0.1, 0.15) is 22.3 Å². The molecule has 17 rings (SSSR count). The van der Waals surface area contributed by atoms with Crippen LogP contribution in [-0.2, 0) is 25.7 Å². The molecule has 5 nitrogen and oxygen atoms in total. The van der Waals surface area contributed by atoms with Crippen LogP contribution < -0.4 is 0 Å². The van der Waals surface area contributed by atoms with Crippen molar-refractivity contribution in [3.63, 3.8) is 0 Å². The number of aryl methyl sites for hydroxylation is 4. The quantitative estimate of drug-likeness (QED) is 0.184. The van der Waals surface area contributed by atoms with Gasteiger partial charge in [0.05, 0.1) is 38.6 Å². The van der Waals surface area contributed by atoms with Gasteiger partial charge in [-0.05, 0) is 191 Å². The summed E-state index contributed by atoms with van der Waals surface area (Å²) in [6, 6.07) is 78.6. The van der Waals surface area contributed by atoms with Crippen LogP contribution in [0.2, 0.25) is 0 Å². The molecule has 0 bridgehead atoms. The number of pyridine rings is 1. The van der Waals surface area contributed by atoms with Crippen LogP contribution in [0, 0.1) is 0 Å². The van der Waals surface area contributed by atoms with Crippen LogP contribution in [0.15, 0.2) is 219 Å². The molecule has 10 aromatic carbocycles. The summed E-state index contributed by atoms with van der Waals surface area (Å²) >= 11 is 0. The van der Waals surface area contributed by atoms with E-state index in [4.69, 9.17) is 4.98 Å². The van der Waals surface area contributed by atoms with E-state index in [1.165, 1.54) is 154 Å². The molecule has 0 spiro atoms. The van der Waals surface area contributed by atoms with Crippen molar-refractivity contribution in [2.24, 2.45) is 0 Å². The third-order valence-electron chi connectivity index (χ3n) is 16.8. The minimum atomic E-state index is 0.955. The average molecular weight is 944 g/mol. The van der Waals surface area contributed by atoms with Gasteiger partial charge in [-0.15, -0.1) is 0 Å². The maximum Gasteiger partial charge on any atom is 0.137 e. The third-order valence-corrected chi connectivity index (χ3v) is 16.8. The van der Waals surface area contributed by atoms with E-state index < -0.39 is 0 Å². The lowest BCUT2D eigenvalue weighted by atomic mass is 9.74. The van der Waals surface area contributed by atoms with Gasteiger partial charge in [-0.25, -0.2) is 4.98 Å². The van der Waals surface area contributed by atoms with Crippen molar-refractivity contribution in [2.45, 2.75) is 25.7 Å². The average Bonchev–Trinajstić information content (AvgIpc) is 4.21. The molecular formula is C69H45N5. The van der Waals surface area contributed by atoms with Crippen LogP contribution in [0.5, 0.6) is 0 Å². The smallest absolute Gasteiger partial charge is 0.137 e. The highest BCUT2D eigenvalue weighted by atomic mass is 15.1. The van der Waals surface area contributed by atoms with E-state index in [9.17, 15) is 0 Å². The topological polar surface area (TPSA) is 43.5 Å². The van der Waals surface area contributed by atoms with Gasteiger partial charge in [-0.2, -0.15) is 0 Å². The molecular weight excluding hydrogens is 899 g/mol. The second kappa shape index (κ2) is 15.0. The summed E-state index contributed by atoms with van der Waals surface area (Å²) in [4.78, 5) is 9.02. The second-order valence-corrected chi connectivity index (χ2v) is 20.6. The van der Waals surface area contributed by atoms with E-state index in [2.05, 4.69) is 225 Å². The zero-order chi connectivity index (χ0) is 48.2. The Morgan fingerprint density at radius 2 is 0.811 bits per heavy atom. The van der Waals surface area contributed by atoms with Crippen molar-refractivity contribution in [2.75, 3.05) is 0 Å². The molecule has 5 aromatic heterocycles. The van der Waals surface area contributed by atoms with Crippen LogP contribution >= 0.6 is 0 Å². The molecule has 0 saturated heterocycles.